The summed E-state index contributed by atoms with van der Waals surface area (Å²) >= 11 is 0. The van der Waals surface area contributed by atoms with Gasteiger partial charge >= 0.3 is 0 Å². The first-order valence-electron chi connectivity index (χ1n) is 4.96. The first-order chi connectivity index (χ1) is 6.45. The van der Waals surface area contributed by atoms with Gasteiger partial charge in [-0.3, -0.25) is 0 Å². The SMILES string of the molecule is CCC(CN)(CO)CCS(=O)(=O)CC. The Kier molecular flexibility index (Phi) is 5.63. The van der Waals surface area contributed by atoms with Gasteiger partial charge in [0.25, 0.3) is 0 Å². The van der Waals surface area contributed by atoms with Gasteiger partial charge in [-0.25, -0.2) is 8.42 Å². The first kappa shape index (κ1) is 13.9. The highest BCUT2D eigenvalue weighted by molar-refractivity contribution is 7.91. The van der Waals surface area contributed by atoms with Crippen molar-refractivity contribution in [3.8, 4) is 0 Å². The Labute approximate surface area is 86.4 Å². The van der Waals surface area contributed by atoms with Crippen LogP contribution in [0.1, 0.15) is 26.7 Å². The van der Waals surface area contributed by atoms with Crippen LogP contribution in [0, 0.1) is 5.41 Å². The summed E-state index contributed by atoms with van der Waals surface area (Å²) in [5, 5.41) is 9.17. The third kappa shape index (κ3) is 3.94. The van der Waals surface area contributed by atoms with E-state index in [0.29, 0.717) is 19.4 Å². The molecule has 86 valence electrons. The number of nitrogens with two attached hydrogens (primary N) is 1. The fourth-order valence-corrected chi connectivity index (χ4v) is 2.23. The van der Waals surface area contributed by atoms with Gasteiger partial charge in [0.15, 0.2) is 0 Å². The maximum atomic E-state index is 11.3. The highest BCUT2D eigenvalue weighted by Crippen LogP contribution is 2.24. The van der Waals surface area contributed by atoms with Crippen LogP contribution in [0.25, 0.3) is 0 Å². The van der Waals surface area contributed by atoms with Crippen LogP contribution in [0.15, 0.2) is 0 Å². The second-order valence-electron chi connectivity index (χ2n) is 3.70. The Morgan fingerprint density at radius 2 is 1.93 bits per heavy atom. The van der Waals surface area contributed by atoms with Gasteiger partial charge < -0.3 is 10.8 Å². The Morgan fingerprint density at radius 1 is 1.36 bits per heavy atom. The fourth-order valence-electron chi connectivity index (χ4n) is 1.19. The fraction of sp³-hybridized carbons (Fsp3) is 1.00. The summed E-state index contributed by atoms with van der Waals surface area (Å²) in [6.45, 7) is 3.84. The number of aliphatic hydroxyl groups excluding tert-OH is 1. The van der Waals surface area contributed by atoms with Crippen LogP contribution in [0.3, 0.4) is 0 Å². The van der Waals surface area contributed by atoms with Crippen LogP contribution < -0.4 is 5.73 Å². The van der Waals surface area contributed by atoms with Crippen molar-refractivity contribution in [2.45, 2.75) is 26.7 Å². The molecule has 0 aliphatic rings. The van der Waals surface area contributed by atoms with Crippen molar-refractivity contribution in [3.63, 3.8) is 0 Å². The molecule has 0 spiro atoms. The lowest BCUT2D eigenvalue weighted by atomic mass is 9.83. The molecule has 0 bridgehead atoms. The molecule has 1 atom stereocenters. The van der Waals surface area contributed by atoms with E-state index in [9.17, 15) is 13.5 Å². The van der Waals surface area contributed by atoms with Gasteiger partial charge in [-0.15, -0.1) is 0 Å². The molecule has 0 heterocycles. The number of aliphatic hydroxyl groups is 1. The largest absolute Gasteiger partial charge is 0.396 e. The Hall–Kier alpha value is -0.130. The monoisotopic (exact) mass is 223 g/mol. The topological polar surface area (TPSA) is 80.4 Å². The molecule has 0 aliphatic heterocycles. The van der Waals surface area contributed by atoms with E-state index in [4.69, 9.17) is 5.73 Å². The second kappa shape index (κ2) is 5.68. The molecule has 0 aromatic rings. The van der Waals surface area contributed by atoms with E-state index < -0.39 is 15.3 Å². The number of sulfone groups is 1. The first-order valence-corrected chi connectivity index (χ1v) is 6.78. The highest BCUT2D eigenvalue weighted by atomic mass is 32.2. The normalized spacial score (nSPS) is 16.6. The second-order valence-corrected chi connectivity index (χ2v) is 6.17. The van der Waals surface area contributed by atoms with E-state index in [1.807, 2.05) is 6.92 Å². The molecule has 1 unspecified atom stereocenters. The van der Waals surface area contributed by atoms with Crippen LogP contribution in [0.5, 0.6) is 0 Å². The van der Waals surface area contributed by atoms with Crippen molar-refractivity contribution < 1.29 is 13.5 Å². The van der Waals surface area contributed by atoms with Crippen molar-refractivity contribution in [2.24, 2.45) is 11.1 Å². The molecule has 0 radical (unpaired) electrons. The van der Waals surface area contributed by atoms with Gasteiger partial charge in [0.05, 0.1) is 5.75 Å². The maximum absolute atomic E-state index is 11.3. The molecule has 4 nitrogen and oxygen atoms in total. The standard InChI is InChI=1S/C9H21NO3S/c1-3-9(7-10,8-11)5-6-14(12,13)4-2/h11H,3-8,10H2,1-2H3. The summed E-state index contributed by atoms with van der Waals surface area (Å²) in [4.78, 5) is 0. The van der Waals surface area contributed by atoms with E-state index in [-0.39, 0.29) is 18.1 Å². The summed E-state index contributed by atoms with van der Waals surface area (Å²) < 4.78 is 22.5. The van der Waals surface area contributed by atoms with Gasteiger partial charge in [-0.05, 0) is 12.8 Å². The number of hydrogen-bond acceptors (Lipinski definition) is 4. The van der Waals surface area contributed by atoms with Crippen LogP contribution in [-0.2, 0) is 9.84 Å². The molecule has 0 aromatic heterocycles. The number of rotatable bonds is 7. The zero-order chi connectivity index (χ0) is 11.2. The van der Waals surface area contributed by atoms with E-state index in [1.165, 1.54) is 0 Å². The minimum atomic E-state index is -2.95. The van der Waals surface area contributed by atoms with Crippen molar-refractivity contribution >= 4 is 9.84 Å². The molecule has 0 fully saturated rings. The zero-order valence-electron chi connectivity index (χ0n) is 8.99. The van der Waals surface area contributed by atoms with E-state index in [1.54, 1.807) is 6.92 Å². The summed E-state index contributed by atoms with van der Waals surface area (Å²) in [7, 11) is -2.95. The lowest BCUT2D eigenvalue weighted by Gasteiger charge is -2.28. The van der Waals surface area contributed by atoms with Crippen LogP contribution in [0.4, 0.5) is 0 Å². The Morgan fingerprint density at radius 3 is 2.21 bits per heavy atom. The van der Waals surface area contributed by atoms with Crippen LogP contribution >= 0.6 is 0 Å². The Balaban J connectivity index is 4.34. The van der Waals surface area contributed by atoms with Crippen molar-refractivity contribution in [2.75, 3.05) is 24.7 Å². The molecule has 0 saturated carbocycles. The molecular weight excluding hydrogens is 202 g/mol. The molecule has 14 heavy (non-hydrogen) atoms. The molecule has 0 amide bonds. The van der Waals surface area contributed by atoms with Crippen molar-refractivity contribution in [1.29, 1.82) is 0 Å². The number of hydrogen-bond donors (Lipinski definition) is 2. The highest BCUT2D eigenvalue weighted by Gasteiger charge is 2.27. The molecule has 0 saturated heterocycles. The van der Waals surface area contributed by atoms with Gasteiger partial charge in [0.2, 0.25) is 0 Å². The van der Waals surface area contributed by atoms with Crippen LogP contribution in [0.2, 0.25) is 0 Å². The quantitative estimate of drug-likeness (QED) is 0.644. The van der Waals surface area contributed by atoms with Gasteiger partial charge in [0, 0.05) is 24.3 Å². The third-order valence-electron chi connectivity index (χ3n) is 2.90. The van der Waals surface area contributed by atoms with E-state index in [2.05, 4.69) is 0 Å². The molecule has 3 N–H and O–H groups in total. The van der Waals surface area contributed by atoms with Gasteiger partial charge in [-0.1, -0.05) is 13.8 Å². The smallest absolute Gasteiger partial charge is 0.150 e. The summed E-state index contributed by atoms with van der Waals surface area (Å²) in [6.07, 6.45) is 1.16. The lowest BCUT2D eigenvalue weighted by Crippen LogP contribution is -2.35. The zero-order valence-corrected chi connectivity index (χ0v) is 9.81. The molecule has 5 heteroatoms. The average Bonchev–Trinajstić information content (AvgIpc) is 2.21. The minimum absolute atomic E-state index is 0.0424. The third-order valence-corrected chi connectivity index (χ3v) is 4.61. The predicted molar refractivity (Wildman–Crippen MR) is 57.8 cm³/mol. The summed E-state index contributed by atoms with van der Waals surface area (Å²) in [6, 6.07) is 0. The minimum Gasteiger partial charge on any atom is -0.396 e. The Bertz CT molecular complexity index is 237. The maximum Gasteiger partial charge on any atom is 0.150 e. The van der Waals surface area contributed by atoms with Crippen molar-refractivity contribution in [3.05, 3.63) is 0 Å². The molecule has 0 aromatic carbocycles. The molecule has 0 aliphatic carbocycles. The summed E-state index contributed by atoms with van der Waals surface area (Å²) in [5.41, 5.74) is 5.13. The van der Waals surface area contributed by atoms with Gasteiger partial charge in [0.1, 0.15) is 9.84 Å². The lowest BCUT2D eigenvalue weighted by molar-refractivity contribution is 0.124. The van der Waals surface area contributed by atoms with E-state index >= 15 is 0 Å². The van der Waals surface area contributed by atoms with Gasteiger partial charge in [-0.2, -0.15) is 0 Å². The predicted octanol–water partition coefficient (Wildman–Crippen LogP) is 0.159. The van der Waals surface area contributed by atoms with Crippen molar-refractivity contribution in [1.82, 2.24) is 0 Å². The van der Waals surface area contributed by atoms with E-state index in [0.717, 1.165) is 0 Å². The summed E-state index contributed by atoms with van der Waals surface area (Å²) in [5.74, 6) is 0.276. The molecule has 0 rings (SSSR count). The average molecular weight is 223 g/mol. The van der Waals surface area contributed by atoms with Crippen LogP contribution in [-0.4, -0.2) is 38.2 Å². The molecular formula is C9H21NO3S.